The lowest BCUT2D eigenvalue weighted by atomic mass is 9.61. The Balaban J connectivity index is 1.70. The summed E-state index contributed by atoms with van der Waals surface area (Å²) >= 11 is 0. The van der Waals surface area contributed by atoms with Crippen LogP contribution in [0.4, 0.5) is 10.5 Å². The number of carbonyl (C=O) groups excluding carboxylic acids is 1. The molecule has 2 N–H and O–H groups in total. The highest BCUT2D eigenvalue weighted by Gasteiger charge is 2.53. The molecule has 2 aromatic carbocycles. The zero-order chi connectivity index (χ0) is 22.2. The number of phenolic OH excluding ortho intramolecular Hbond substituents is 1. The van der Waals surface area contributed by atoms with E-state index >= 15 is 0 Å². The van der Waals surface area contributed by atoms with E-state index in [1.807, 2.05) is 17.0 Å². The number of rotatable bonds is 4. The van der Waals surface area contributed by atoms with Gasteiger partial charge in [-0.1, -0.05) is 19.9 Å². The predicted molar refractivity (Wildman–Crippen MR) is 121 cm³/mol. The van der Waals surface area contributed by atoms with E-state index in [-0.39, 0.29) is 29.3 Å². The average molecular weight is 419 g/mol. The number of anilines is 1. The number of fused-ring (bicyclic) bond motifs is 4. The van der Waals surface area contributed by atoms with Gasteiger partial charge in [-0.25, -0.2) is 4.79 Å². The first-order valence-corrected chi connectivity index (χ1v) is 11.0. The van der Waals surface area contributed by atoms with E-state index in [1.54, 1.807) is 30.3 Å². The molecule has 31 heavy (non-hydrogen) atoms. The van der Waals surface area contributed by atoms with E-state index in [0.717, 1.165) is 31.4 Å². The second kappa shape index (κ2) is 8.24. The van der Waals surface area contributed by atoms with Crippen molar-refractivity contribution in [3.63, 3.8) is 0 Å². The first-order chi connectivity index (χ1) is 14.9. The maximum absolute atomic E-state index is 13.5. The Bertz CT molecular complexity index is 1010. The molecule has 3 atom stereocenters. The normalized spacial score (nSPS) is 24.7. The van der Waals surface area contributed by atoms with Gasteiger partial charge in [0.2, 0.25) is 0 Å². The zero-order valence-corrected chi connectivity index (χ0v) is 18.4. The summed E-state index contributed by atoms with van der Waals surface area (Å²) in [7, 11) is 2.14. The number of nitrogens with one attached hydrogen (secondary N) is 1. The summed E-state index contributed by atoms with van der Waals surface area (Å²) in [6, 6.07) is 14.9. The number of nitrogens with zero attached hydrogens (tertiary/aromatic N) is 3. The third kappa shape index (κ3) is 3.75. The zero-order valence-electron chi connectivity index (χ0n) is 18.4. The molecule has 1 aliphatic heterocycles. The molecule has 1 unspecified atom stereocenters. The molecular weight excluding hydrogens is 388 g/mol. The van der Waals surface area contributed by atoms with Gasteiger partial charge in [0.05, 0.1) is 17.7 Å². The first kappa shape index (κ1) is 21.2. The first-order valence-electron chi connectivity index (χ1n) is 11.0. The van der Waals surface area contributed by atoms with Crippen molar-refractivity contribution in [1.82, 2.24) is 9.80 Å². The second-order valence-corrected chi connectivity index (χ2v) is 9.02. The summed E-state index contributed by atoms with van der Waals surface area (Å²) < 4.78 is 0. The number of nitriles is 1. The summed E-state index contributed by atoms with van der Waals surface area (Å²) in [5.74, 6) is 0.278. The number of urea groups is 1. The van der Waals surface area contributed by atoms with E-state index in [0.29, 0.717) is 17.8 Å². The smallest absolute Gasteiger partial charge is 0.322 e. The molecule has 4 rings (SSSR count). The Morgan fingerprint density at radius 1 is 1.32 bits per heavy atom. The molecule has 2 aliphatic rings. The van der Waals surface area contributed by atoms with Crippen LogP contribution in [0.2, 0.25) is 0 Å². The van der Waals surface area contributed by atoms with Gasteiger partial charge < -0.3 is 20.2 Å². The molecule has 0 radical (unpaired) electrons. The van der Waals surface area contributed by atoms with Crippen LogP contribution in [0.5, 0.6) is 5.75 Å². The Morgan fingerprint density at radius 3 is 2.74 bits per heavy atom. The van der Waals surface area contributed by atoms with Crippen molar-refractivity contribution in [3.05, 3.63) is 59.2 Å². The molecular formula is C25H30N4O2. The van der Waals surface area contributed by atoms with Crippen molar-refractivity contribution < 1.29 is 9.90 Å². The van der Waals surface area contributed by atoms with Crippen LogP contribution >= 0.6 is 0 Å². The molecule has 1 saturated heterocycles. The highest BCUT2D eigenvalue weighted by molar-refractivity contribution is 5.90. The van der Waals surface area contributed by atoms with Gasteiger partial charge >= 0.3 is 6.03 Å². The highest BCUT2D eigenvalue weighted by Crippen LogP contribution is 2.47. The lowest BCUT2D eigenvalue weighted by Gasteiger charge is -2.57. The molecule has 0 saturated carbocycles. The molecule has 2 bridgehead atoms. The monoisotopic (exact) mass is 418 g/mol. The van der Waals surface area contributed by atoms with Gasteiger partial charge in [0.15, 0.2) is 0 Å². The number of carbonyl (C=O) groups is 1. The van der Waals surface area contributed by atoms with Crippen molar-refractivity contribution in [2.24, 2.45) is 0 Å². The topological polar surface area (TPSA) is 79.6 Å². The number of likely N-dealkylation sites (N-methyl/N-ethyl adjacent to an activating group) is 1. The Kier molecular flexibility index (Phi) is 5.63. The largest absolute Gasteiger partial charge is 0.508 e. The van der Waals surface area contributed by atoms with Gasteiger partial charge in [0.25, 0.3) is 0 Å². The van der Waals surface area contributed by atoms with Gasteiger partial charge in [-0.05, 0) is 80.4 Å². The van der Waals surface area contributed by atoms with E-state index in [4.69, 9.17) is 5.26 Å². The van der Waals surface area contributed by atoms with Crippen LogP contribution in [0.1, 0.15) is 43.4 Å². The van der Waals surface area contributed by atoms with Crippen LogP contribution in [0, 0.1) is 11.3 Å². The summed E-state index contributed by atoms with van der Waals surface area (Å²) in [6.07, 6.45) is 2.64. The summed E-state index contributed by atoms with van der Waals surface area (Å²) in [5.41, 5.74) is 3.44. The van der Waals surface area contributed by atoms with Crippen LogP contribution in [0.15, 0.2) is 42.5 Å². The fraction of sp³-hybridized carbons (Fsp3) is 0.440. The van der Waals surface area contributed by atoms with Gasteiger partial charge in [0.1, 0.15) is 5.75 Å². The fourth-order valence-electron chi connectivity index (χ4n) is 5.43. The minimum Gasteiger partial charge on any atom is -0.508 e. The summed E-state index contributed by atoms with van der Waals surface area (Å²) in [4.78, 5) is 17.9. The third-order valence-electron chi connectivity index (χ3n) is 7.03. The SMILES string of the molecule is CCCN(C(=O)Nc1ccc(C#N)cc1)[C@H]1[C@H]2Cc3ccc(O)cc3C1(C)CCN2C. The number of likely N-dealkylation sites (tertiary alicyclic amines) is 1. The molecule has 0 aromatic heterocycles. The van der Waals surface area contributed by atoms with Gasteiger partial charge in [-0.3, -0.25) is 0 Å². The number of piperidine rings is 1. The van der Waals surface area contributed by atoms with Gasteiger partial charge in [-0.15, -0.1) is 0 Å². The second-order valence-electron chi connectivity index (χ2n) is 9.02. The minimum atomic E-state index is -0.235. The maximum atomic E-state index is 13.5. The van der Waals surface area contributed by atoms with Crippen molar-refractivity contribution >= 4 is 11.7 Å². The van der Waals surface area contributed by atoms with Crippen LogP contribution in [0.3, 0.4) is 0 Å². The molecule has 2 aromatic rings. The Morgan fingerprint density at radius 2 is 2.06 bits per heavy atom. The highest BCUT2D eigenvalue weighted by atomic mass is 16.3. The molecule has 6 heteroatoms. The van der Waals surface area contributed by atoms with Crippen molar-refractivity contribution in [3.8, 4) is 11.8 Å². The van der Waals surface area contributed by atoms with Crippen molar-refractivity contribution in [2.75, 3.05) is 25.5 Å². The van der Waals surface area contributed by atoms with E-state index in [1.165, 1.54) is 5.56 Å². The number of hydrogen-bond donors (Lipinski definition) is 2. The number of hydrogen-bond acceptors (Lipinski definition) is 4. The molecule has 6 nitrogen and oxygen atoms in total. The van der Waals surface area contributed by atoms with E-state index in [9.17, 15) is 9.90 Å². The lowest BCUT2D eigenvalue weighted by molar-refractivity contribution is 0.0117. The van der Waals surface area contributed by atoms with E-state index < -0.39 is 0 Å². The fourth-order valence-corrected chi connectivity index (χ4v) is 5.43. The summed E-state index contributed by atoms with van der Waals surface area (Å²) in [6.45, 7) is 5.95. The molecule has 2 amide bonds. The van der Waals surface area contributed by atoms with Crippen LogP contribution in [-0.4, -0.2) is 53.2 Å². The third-order valence-corrected chi connectivity index (χ3v) is 7.03. The van der Waals surface area contributed by atoms with Crippen molar-refractivity contribution in [2.45, 2.75) is 50.6 Å². The molecule has 0 spiro atoms. The maximum Gasteiger partial charge on any atom is 0.322 e. The number of benzene rings is 2. The van der Waals surface area contributed by atoms with Crippen LogP contribution in [-0.2, 0) is 11.8 Å². The van der Waals surface area contributed by atoms with Gasteiger partial charge in [0, 0.05) is 23.7 Å². The van der Waals surface area contributed by atoms with Crippen molar-refractivity contribution in [1.29, 1.82) is 5.26 Å². The molecule has 1 heterocycles. The number of phenols is 1. The minimum absolute atomic E-state index is 0.00104. The molecule has 162 valence electrons. The average Bonchev–Trinajstić information content (AvgIpc) is 2.76. The van der Waals surface area contributed by atoms with Crippen LogP contribution < -0.4 is 5.32 Å². The lowest BCUT2D eigenvalue weighted by Crippen LogP contribution is -2.68. The van der Waals surface area contributed by atoms with Gasteiger partial charge in [-0.2, -0.15) is 5.26 Å². The molecule has 1 fully saturated rings. The summed E-state index contributed by atoms with van der Waals surface area (Å²) in [5, 5.41) is 22.3. The molecule has 1 aliphatic carbocycles. The number of aromatic hydroxyl groups is 1. The Hall–Kier alpha value is -3.04. The van der Waals surface area contributed by atoms with E-state index in [2.05, 4.69) is 37.2 Å². The standard InChI is InChI=1S/C25H30N4O2/c1-4-12-29(24(31)27-19-8-5-17(16-26)6-9-19)23-22-14-18-7-10-20(30)15-21(18)25(23,2)11-13-28(22)3/h5-10,15,22-23,30H,4,11-14H2,1-3H3,(H,27,31)/t22-,23+,25?/m1/s1. The van der Waals surface area contributed by atoms with Crippen LogP contribution in [0.25, 0.3) is 0 Å². The predicted octanol–water partition coefficient (Wildman–Crippen LogP) is 4.09. The Labute approximate surface area is 184 Å². The quantitative estimate of drug-likeness (QED) is 0.784. The number of amides is 2.